The molecule has 1 fully saturated rings. The second kappa shape index (κ2) is 10.9. The van der Waals surface area contributed by atoms with E-state index in [0.29, 0.717) is 5.92 Å². The zero-order chi connectivity index (χ0) is 21.6. The van der Waals surface area contributed by atoms with E-state index in [2.05, 4.69) is 35.8 Å². The summed E-state index contributed by atoms with van der Waals surface area (Å²) >= 11 is 8.37. The molecule has 0 aromatic heterocycles. The number of carbonyl (C=O) groups excluding carboxylic acids is 1. The van der Waals surface area contributed by atoms with Crippen molar-refractivity contribution in [3.05, 3.63) is 63.7 Å². The summed E-state index contributed by atoms with van der Waals surface area (Å²) in [7, 11) is 0. The molecule has 1 aliphatic carbocycles. The van der Waals surface area contributed by atoms with Crippen LogP contribution in [-0.4, -0.2) is 25.0 Å². The Balaban J connectivity index is 1.36. The summed E-state index contributed by atoms with van der Waals surface area (Å²) in [4.78, 5) is 13.9. The highest BCUT2D eigenvalue weighted by Crippen LogP contribution is 2.36. The molecule has 2 N–H and O–H groups in total. The topological polar surface area (TPSA) is 41.1 Å². The lowest BCUT2D eigenvalue weighted by molar-refractivity contribution is 0.0919. The average molecular weight is 457 g/mol. The molecule has 1 amide bonds. The van der Waals surface area contributed by atoms with Gasteiger partial charge in [0.2, 0.25) is 0 Å². The fourth-order valence-electron chi connectivity index (χ4n) is 4.82. The molecule has 3 nitrogen and oxygen atoms in total. The molecular weight excluding hydrogens is 424 g/mol. The van der Waals surface area contributed by atoms with E-state index in [4.69, 9.17) is 11.6 Å². The van der Waals surface area contributed by atoms with Crippen molar-refractivity contribution in [1.29, 1.82) is 0 Å². The van der Waals surface area contributed by atoms with Crippen LogP contribution in [0, 0.1) is 5.92 Å². The molecule has 0 spiro atoms. The number of rotatable bonds is 6. The maximum absolute atomic E-state index is 12.7. The average Bonchev–Trinajstić information content (AvgIpc) is 3.05. The van der Waals surface area contributed by atoms with Crippen LogP contribution in [0.3, 0.4) is 0 Å². The summed E-state index contributed by atoms with van der Waals surface area (Å²) in [5.41, 5.74) is 4.77. The lowest BCUT2D eigenvalue weighted by atomic mass is 9.84. The van der Waals surface area contributed by atoms with Gasteiger partial charge in [-0.2, -0.15) is 0 Å². The summed E-state index contributed by atoms with van der Waals surface area (Å²) in [6, 6.07) is 12.5. The van der Waals surface area contributed by atoms with E-state index in [-0.39, 0.29) is 11.9 Å². The number of hydrogen-bond acceptors (Lipinski definition) is 3. The van der Waals surface area contributed by atoms with Crippen molar-refractivity contribution < 1.29 is 4.79 Å². The maximum atomic E-state index is 12.7. The molecule has 1 heterocycles. The Labute approximate surface area is 195 Å². The van der Waals surface area contributed by atoms with Gasteiger partial charge in [0.15, 0.2) is 0 Å². The fraction of sp³-hybridized carbons (Fsp3) is 0.500. The maximum Gasteiger partial charge on any atom is 0.251 e. The summed E-state index contributed by atoms with van der Waals surface area (Å²) < 4.78 is 0. The first-order valence-electron chi connectivity index (χ1n) is 11.7. The summed E-state index contributed by atoms with van der Waals surface area (Å²) in [5.74, 6) is 1.51. The lowest BCUT2D eigenvalue weighted by Crippen LogP contribution is -2.38. The van der Waals surface area contributed by atoms with E-state index in [9.17, 15) is 4.79 Å². The first kappa shape index (κ1) is 22.7. The van der Waals surface area contributed by atoms with Gasteiger partial charge in [-0.15, -0.1) is 11.8 Å². The summed E-state index contributed by atoms with van der Waals surface area (Å²) in [6.07, 6.45) is 8.48. The summed E-state index contributed by atoms with van der Waals surface area (Å²) in [6.45, 7) is 4.19. The standard InChI is InChI=1S/C26H33ClN2OS/c1-18(20-5-3-2-4-6-20)29-26(30)22-9-7-19(8-10-22)17-31-25-23-14-16-28-15-13-21(23)11-12-24(25)27/h7-12,18,20,28H,2-6,13-17H2,1H3,(H,29,30). The Kier molecular flexibility index (Phi) is 7.97. The van der Waals surface area contributed by atoms with Crippen LogP contribution in [0.2, 0.25) is 5.02 Å². The van der Waals surface area contributed by atoms with Gasteiger partial charge >= 0.3 is 0 Å². The van der Waals surface area contributed by atoms with Crippen molar-refractivity contribution in [2.24, 2.45) is 5.92 Å². The van der Waals surface area contributed by atoms with Gasteiger partial charge in [-0.25, -0.2) is 0 Å². The van der Waals surface area contributed by atoms with Crippen LogP contribution in [0.4, 0.5) is 0 Å². The molecule has 1 unspecified atom stereocenters. The number of halogens is 1. The van der Waals surface area contributed by atoms with Crippen molar-refractivity contribution in [3.63, 3.8) is 0 Å². The molecule has 0 bridgehead atoms. The van der Waals surface area contributed by atoms with E-state index < -0.39 is 0 Å². The third kappa shape index (κ3) is 5.85. The predicted octanol–water partition coefficient (Wildman–Crippen LogP) is 6.02. The normalized spacial score (nSPS) is 18.1. The number of hydrogen-bond donors (Lipinski definition) is 2. The molecule has 31 heavy (non-hydrogen) atoms. The Bertz CT molecular complexity index is 893. The van der Waals surface area contributed by atoms with Crippen molar-refractivity contribution in [2.45, 2.75) is 68.6 Å². The third-order valence-corrected chi connectivity index (χ3v) is 8.41. The van der Waals surface area contributed by atoms with Gasteiger partial charge in [0.1, 0.15) is 0 Å². The van der Waals surface area contributed by atoms with Crippen molar-refractivity contribution in [3.8, 4) is 0 Å². The van der Waals surface area contributed by atoms with E-state index in [1.807, 2.05) is 30.0 Å². The van der Waals surface area contributed by atoms with E-state index >= 15 is 0 Å². The minimum atomic E-state index is 0.0428. The van der Waals surface area contributed by atoms with Crippen LogP contribution in [0.15, 0.2) is 41.3 Å². The minimum Gasteiger partial charge on any atom is -0.349 e. The van der Waals surface area contributed by atoms with E-state index in [1.54, 1.807) is 0 Å². The Morgan fingerprint density at radius 1 is 1.10 bits per heavy atom. The second-order valence-electron chi connectivity index (χ2n) is 8.91. The Hall–Kier alpha value is -1.49. The molecule has 2 aromatic rings. The molecule has 1 saturated carbocycles. The Morgan fingerprint density at radius 3 is 2.61 bits per heavy atom. The number of benzene rings is 2. The van der Waals surface area contributed by atoms with Gasteiger partial charge in [0, 0.05) is 22.3 Å². The molecule has 2 aromatic carbocycles. The van der Waals surface area contributed by atoms with Crippen molar-refractivity contribution in [1.82, 2.24) is 10.6 Å². The van der Waals surface area contributed by atoms with Crippen molar-refractivity contribution >= 4 is 29.3 Å². The van der Waals surface area contributed by atoms with Gasteiger partial charge in [0.05, 0.1) is 5.02 Å². The van der Waals surface area contributed by atoms with Crippen LogP contribution in [0.25, 0.3) is 0 Å². The van der Waals surface area contributed by atoms with Crippen LogP contribution in [-0.2, 0) is 18.6 Å². The molecule has 1 aliphatic heterocycles. The molecule has 0 radical (unpaired) electrons. The van der Waals surface area contributed by atoms with Gasteiger partial charge in [-0.1, -0.05) is 49.1 Å². The zero-order valence-electron chi connectivity index (χ0n) is 18.4. The molecule has 5 heteroatoms. The largest absolute Gasteiger partial charge is 0.349 e. The predicted molar refractivity (Wildman–Crippen MR) is 131 cm³/mol. The number of amides is 1. The smallest absolute Gasteiger partial charge is 0.251 e. The van der Waals surface area contributed by atoms with E-state index in [0.717, 1.165) is 42.3 Å². The van der Waals surface area contributed by atoms with Crippen LogP contribution in [0.5, 0.6) is 0 Å². The van der Waals surface area contributed by atoms with Gasteiger partial charge in [0.25, 0.3) is 5.91 Å². The summed E-state index contributed by atoms with van der Waals surface area (Å²) in [5, 5.41) is 7.54. The molecule has 1 atom stereocenters. The van der Waals surface area contributed by atoms with Crippen LogP contribution in [0.1, 0.15) is 66.1 Å². The number of nitrogens with one attached hydrogen (secondary N) is 2. The molecular formula is C26H33ClN2OS. The zero-order valence-corrected chi connectivity index (χ0v) is 20.0. The quantitative estimate of drug-likeness (QED) is 0.522. The molecule has 166 valence electrons. The van der Waals surface area contributed by atoms with Crippen LogP contribution < -0.4 is 10.6 Å². The number of fused-ring (bicyclic) bond motifs is 1. The van der Waals surface area contributed by atoms with Crippen molar-refractivity contribution in [2.75, 3.05) is 13.1 Å². The van der Waals surface area contributed by atoms with Gasteiger partial charge < -0.3 is 10.6 Å². The minimum absolute atomic E-state index is 0.0428. The highest BCUT2D eigenvalue weighted by molar-refractivity contribution is 7.98. The highest BCUT2D eigenvalue weighted by Gasteiger charge is 2.22. The molecule has 4 rings (SSSR count). The first-order chi connectivity index (χ1) is 15.1. The lowest BCUT2D eigenvalue weighted by Gasteiger charge is -2.28. The molecule has 2 aliphatic rings. The van der Waals surface area contributed by atoms with Gasteiger partial charge in [-0.3, -0.25) is 4.79 Å². The monoisotopic (exact) mass is 456 g/mol. The third-order valence-electron chi connectivity index (χ3n) is 6.75. The second-order valence-corrected chi connectivity index (χ2v) is 10.3. The molecule has 0 saturated heterocycles. The fourth-order valence-corrected chi connectivity index (χ4v) is 6.27. The van der Waals surface area contributed by atoms with E-state index in [1.165, 1.54) is 53.7 Å². The van der Waals surface area contributed by atoms with Crippen LogP contribution >= 0.6 is 23.4 Å². The highest BCUT2D eigenvalue weighted by atomic mass is 35.5. The van der Waals surface area contributed by atoms with Gasteiger partial charge in [-0.05, 0) is 86.5 Å². The number of thioether (sulfide) groups is 1. The number of carbonyl (C=O) groups is 1. The SMILES string of the molecule is CC(NC(=O)c1ccc(CSc2c(Cl)ccc3c2CCNCC3)cc1)C1CCCCC1. The Morgan fingerprint density at radius 2 is 1.84 bits per heavy atom. The first-order valence-corrected chi connectivity index (χ1v) is 13.0.